The summed E-state index contributed by atoms with van der Waals surface area (Å²) in [7, 11) is 0. The number of alkyl halides is 1. The van der Waals surface area contributed by atoms with Crippen LogP contribution in [0, 0.1) is 20.8 Å². The predicted octanol–water partition coefficient (Wildman–Crippen LogP) is 2.98. The first kappa shape index (κ1) is 12.3. The molecular weight excluding hydrogens is 259 g/mol. The van der Waals surface area contributed by atoms with Crippen LogP contribution in [0.15, 0.2) is 6.07 Å². The van der Waals surface area contributed by atoms with Gasteiger partial charge in [0.1, 0.15) is 11.0 Å². The lowest BCUT2D eigenvalue weighted by Gasteiger charge is -2.04. The number of hydrogen-bond donors (Lipinski definition) is 0. The number of aromatic nitrogens is 4. The predicted molar refractivity (Wildman–Crippen MR) is 67.9 cm³/mol. The molecule has 6 heteroatoms. The van der Waals surface area contributed by atoms with Crippen LogP contribution in [0.4, 0.5) is 0 Å². The molecule has 0 bridgehead atoms. The molecule has 17 heavy (non-hydrogen) atoms. The number of halogens is 2. The molecule has 0 atom stereocenters. The van der Waals surface area contributed by atoms with Gasteiger partial charge in [-0.25, -0.2) is 14.6 Å². The second kappa shape index (κ2) is 4.63. The molecule has 2 aromatic rings. The smallest absolute Gasteiger partial charge is 0.159 e. The van der Waals surface area contributed by atoms with Gasteiger partial charge < -0.3 is 0 Å². The Labute approximate surface area is 110 Å². The Kier molecular flexibility index (Phi) is 3.35. The minimum Gasteiger partial charge on any atom is -0.238 e. The molecule has 2 rings (SSSR count). The van der Waals surface area contributed by atoms with E-state index >= 15 is 0 Å². The van der Waals surface area contributed by atoms with Crippen molar-refractivity contribution in [2.75, 3.05) is 0 Å². The molecule has 0 radical (unpaired) electrons. The highest BCUT2D eigenvalue weighted by molar-refractivity contribution is 6.31. The normalized spacial score (nSPS) is 10.9. The van der Waals surface area contributed by atoms with Gasteiger partial charge in [-0.3, -0.25) is 0 Å². The summed E-state index contributed by atoms with van der Waals surface area (Å²) in [6.07, 6.45) is 0. The Balaban J connectivity index is 2.60. The van der Waals surface area contributed by atoms with E-state index in [9.17, 15) is 0 Å². The van der Waals surface area contributed by atoms with Gasteiger partial charge in [0.15, 0.2) is 5.82 Å². The minimum atomic E-state index is 0.341. The van der Waals surface area contributed by atoms with E-state index in [4.69, 9.17) is 23.2 Å². The van der Waals surface area contributed by atoms with Crippen molar-refractivity contribution in [1.29, 1.82) is 0 Å². The molecule has 90 valence electrons. The average molecular weight is 271 g/mol. The van der Waals surface area contributed by atoms with Crippen molar-refractivity contribution in [3.63, 3.8) is 0 Å². The van der Waals surface area contributed by atoms with Crippen LogP contribution in [-0.2, 0) is 5.88 Å². The van der Waals surface area contributed by atoms with Gasteiger partial charge in [-0.15, -0.1) is 11.6 Å². The summed E-state index contributed by atoms with van der Waals surface area (Å²) in [5.74, 6) is 1.70. The fourth-order valence-electron chi connectivity index (χ4n) is 1.64. The van der Waals surface area contributed by atoms with Crippen LogP contribution in [0.5, 0.6) is 0 Å². The molecule has 0 saturated heterocycles. The van der Waals surface area contributed by atoms with Gasteiger partial charge in [0.05, 0.1) is 11.6 Å². The van der Waals surface area contributed by atoms with Crippen molar-refractivity contribution >= 4 is 23.2 Å². The van der Waals surface area contributed by atoms with Crippen LogP contribution in [0.1, 0.15) is 22.8 Å². The number of hydrogen-bond acceptors (Lipinski definition) is 3. The van der Waals surface area contributed by atoms with E-state index in [1.807, 2.05) is 26.8 Å². The molecule has 0 aliphatic carbocycles. The fraction of sp³-hybridized carbons (Fsp3) is 0.364. The molecule has 0 aliphatic heterocycles. The fourth-order valence-corrected chi connectivity index (χ4v) is 2.36. The maximum absolute atomic E-state index is 6.22. The third-order valence-corrected chi connectivity index (χ3v) is 3.08. The van der Waals surface area contributed by atoms with Crippen molar-refractivity contribution in [2.24, 2.45) is 0 Å². The molecule has 0 unspecified atom stereocenters. The van der Waals surface area contributed by atoms with Crippen molar-refractivity contribution in [2.45, 2.75) is 26.7 Å². The van der Waals surface area contributed by atoms with E-state index in [0.717, 1.165) is 17.0 Å². The molecule has 0 fully saturated rings. The summed E-state index contributed by atoms with van der Waals surface area (Å²) in [5, 5.41) is 4.85. The van der Waals surface area contributed by atoms with Crippen LogP contribution >= 0.6 is 23.2 Å². The van der Waals surface area contributed by atoms with E-state index in [2.05, 4.69) is 15.1 Å². The van der Waals surface area contributed by atoms with Crippen LogP contribution in [0.3, 0.4) is 0 Å². The zero-order valence-corrected chi connectivity index (χ0v) is 11.3. The van der Waals surface area contributed by atoms with Crippen molar-refractivity contribution in [3.05, 3.63) is 34.0 Å². The quantitative estimate of drug-likeness (QED) is 0.789. The lowest BCUT2D eigenvalue weighted by atomic mass is 10.3. The molecule has 0 amide bonds. The summed E-state index contributed by atoms with van der Waals surface area (Å²) in [5.41, 5.74) is 2.53. The molecule has 0 saturated carbocycles. The highest BCUT2D eigenvalue weighted by Crippen LogP contribution is 2.24. The van der Waals surface area contributed by atoms with Gasteiger partial charge in [-0.2, -0.15) is 5.10 Å². The maximum Gasteiger partial charge on any atom is 0.159 e. The van der Waals surface area contributed by atoms with Crippen LogP contribution in [-0.4, -0.2) is 19.7 Å². The third-order valence-electron chi connectivity index (χ3n) is 2.42. The molecular formula is C11H12Cl2N4. The summed E-state index contributed by atoms with van der Waals surface area (Å²) >= 11 is 12.1. The van der Waals surface area contributed by atoms with Crippen molar-refractivity contribution < 1.29 is 0 Å². The zero-order chi connectivity index (χ0) is 12.6. The Morgan fingerprint density at radius 3 is 2.47 bits per heavy atom. The maximum atomic E-state index is 6.22. The van der Waals surface area contributed by atoms with Gasteiger partial charge in [-0.1, -0.05) is 11.6 Å². The highest BCUT2D eigenvalue weighted by Gasteiger charge is 2.14. The third kappa shape index (κ3) is 2.28. The van der Waals surface area contributed by atoms with E-state index in [0.29, 0.717) is 22.7 Å². The first-order chi connectivity index (χ1) is 8.02. The van der Waals surface area contributed by atoms with Gasteiger partial charge in [0.2, 0.25) is 0 Å². The van der Waals surface area contributed by atoms with Gasteiger partial charge in [0.25, 0.3) is 0 Å². The number of nitrogens with zero attached hydrogens (tertiary/aromatic N) is 4. The lowest BCUT2D eigenvalue weighted by Crippen LogP contribution is -2.03. The first-order valence-corrected chi connectivity index (χ1v) is 6.06. The summed E-state index contributed by atoms with van der Waals surface area (Å²) in [6, 6.07) is 1.84. The van der Waals surface area contributed by atoms with Gasteiger partial charge >= 0.3 is 0 Å². The second-order valence-electron chi connectivity index (χ2n) is 3.81. The molecule has 4 nitrogen and oxygen atoms in total. The van der Waals surface area contributed by atoms with E-state index in [1.165, 1.54) is 0 Å². The molecule has 0 aromatic carbocycles. The SMILES string of the molecule is Cc1cc(-n2nc(C)c(CCl)c2Cl)nc(C)n1. The Morgan fingerprint density at radius 1 is 1.24 bits per heavy atom. The van der Waals surface area contributed by atoms with Crippen LogP contribution < -0.4 is 0 Å². The topological polar surface area (TPSA) is 43.6 Å². The molecule has 0 spiro atoms. The summed E-state index contributed by atoms with van der Waals surface area (Å²) in [6.45, 7) is 5.62. The first-order valence-electron chi connectivity index (χ1n) is 5.15. The summed E-state index contributed by atoms with van der Waals surface area (Å²) < 4.78 is 1.59. The van der Waals surface area contributed by atoms with Gasteiger partial charge in [-0.05, 0) is 20.8 Å². The van der Waals surface area contributed by atoms with Crippen LogP contribution in [0.25, 0.3) is 5.82 Å². The number of aryl methyl sites for hydroxylation is 3. The molecule has 2 heterocycles. The highest BCUT2D eigenvalue weighted by atomic mass is 35.5. The molecule has 0 aliphatic rings. The lowest BCUT2D eigenvalue weighted by molar-refractivity contribution is 0.811. The van der Waals surface area contributed by atoms with E-state index in [1.54, 1.807) is 4.68 Å². The minimum absolute atomic E-state index is 0.341. The van der Waals surface area contributed by atoms with E-state index in [-0.39, 0.29) is 0 Å². The van der Waals surface area contributed by atoms with Gasteiger partial charge in [0, 0.05) is 17.3 Å². The zero-order valence-electron chi connectivity index (χ0n) is 9.83. The Bertz CT molecular complexity index is 543. The molecule has 0 N–H and O–H groups in total. The standard InChI is InChI=1S/C11H12Cl2N4/c1-6-4-10(15-8(3)14-6)17-11(13)9(5-12)7(2)16-17/h4H,5H2,1-3H3. The monoisotopic (exact) mass is 270 g/mol. The van der Waals surface area contributed by atoms with Crippen molar-refractivity contribution in [3.8, 4) is 5.82 Å². The Morgan fingerprint density at radius 2 is 1.94 bits per heavy atom. The van der Waals surface area contributed by atoms with E-state index < -0.39 is 0 Å². The van der Waals surface area contributed by atoms with Crippen molar-refractivity contribution in [1.82, 2.24) is 19.7 Å². The largest absolute Gasteiger partial charge is 0.238 e. The number of rotatable bonds is 2. The summed E-state index contributed by atoms with van der Waals surface area (Å²) in [4.78, 5) is 8.53. The second-order valence-corrected chi connectivity index (χ2v) is 4.44. The Hall–Kier alpha value is -1.13. The molecule has 2 aromatic heterocycles. The van der Waals surface area contributed by atoms with Crippen LogP contribution in [0.2, 0.25) is 5.15 Å². The average Bonchev–Trinajstić information content (AvgIpc) is 2.52.